The Bertz CT molecular complexity index is 476. The lowest BCUT2D eigenvalue weighted by Gasteiger charge is -1.91. The van der Waals surface area contributed by atoms with Gasteiger partial charge in [0.2, 0.25) is 0 Å². The summed E-state index contributed by atoms with van der Waals surface area (Å²) < 4.78 is 0. The molecule has 0 aliphatic carbocycles. The van der Waals surface area contributed by atoms with Crippen LogP contribution in [0.1, 0.15) is 10.5 Å². The van der Waals surface area contributed by atoms with Crippen LogP contribution in [0, 0.1) is 0 Å². The number of nitrogens with one attached hydrogen (secondary N) is 1. The van der Waals surface area contributed by atoms with Crippen molar-refractivity contribution in [2.75, 3.05) is 5.73 Å². The first-order valence-electron chi connectivity index (χ1n) is 3.51. The molecule has 13 heavy (non-hydrogen) atoms. The molecule has 0 aliphatic heterocycles. The predicted octanol–water partition coefficient (Wildman–Crippen LogP) is 0.238. The first-order chi connectivity index (χ1) is 6.18. The molecule has 0 saturated carbocycles. The van der Waals surface area contributed by atoms with Crippen molar-refractivity contribution in [3.05, 3.63) is 18.0 Å². The van der Waals surface area contributed by atoms with Gasteiger partial charge in [0, 0.05) is 0 Å². The molecular weight excluding hydrogens is 172 g/mol. The minimum Gasteiger partial charge on any atom is -0.476 e. The Labute approximate surface area is 72.4 Å². The highest BCUT2D eigenvalue weighted by Crippen LogP contribution is 2.14. The SMILES string of the molecule is Nc1cnc2c(C(=O)O)n[nH]c2c1. The molecule has 0 bridgehead atoms. The molecule has 2 aromatic heterocycles. The van der Waals surface area contributed by atoms with E-state index in [0.717, 1.165) is 0 Å². The first-order valence-corrected chi connectivity index (χ1v) is 3.51. The number of fused-ring (bicyclic) bond motifs is 1. The van der Waals surface area contributed by atoms with E-state index in [1.165, 1.54) is 6.20 Å². The van der Waals surface area contributed by atoms with E-state index in [4.69, 9.17) is 10.8 Å². The van der Waals surface area contributed by atoms with E-state index in [9.17, 15) is 4.79 Å². The smallest absolute Gasteiger partial charge is 0.358 e. The Morgan fingerprint density at radius 1 is 1.62 bits per heavy atom. The quantitative estimate of drug-likeness (QED) is 0.580. The van der Waals surface area contributed by atoms with Gasteiger partial charge in [-0.1, -0.05) is 0 Å². The summed E-state index contributed by atoms with van der Waals surface area (Å²) in [7, 11) is 0. The standard InChI is InChI=1S/C7H6N4O2/c8-3-1-4-5(9-2-3)6(7(12)13)11-10-4/h1-2H,8H2,(H,10,11)(H,12,13). The van der Waals surface area contributed by atoms with Crippen LogP contribution >= 0.6 is 0 Å². The van der Waals surface area contributed by atoms with Gasteiger partial charge in [-0.3, -0.25) is 5.10 Å². The molecule has 66 valence electrons. The lowest BCUT2D eigenvalue weighted by molar-refractivity contribution is 0.0692. The van der Waals surface area contributed by atoms with Crippen molar-refractivity contribution in [2.45, 2.75) is 0 Å². The maximum Gasteiger partial charge on any atom is 0.358 e. The first kappa shape index (κ1) is 7.53. The normalized spacial score (nSPS) is 10.5. The fourth-order valence-corrected chi connectivity index (χ4v) is 1.07. The molecule has 0 spiro atoms. The molecule has 0 unspecified atom stereocenters. The van der Waals surface area contributed by atoms with E-state index in [2.05, 4.69) is 15.2 Å². The summed E-state index contributed by atoms with van der Waals surface area (Å²) in [6, 6.07) is 1.59. The Balaban J connectivity index is 2.76. The molecule has 0 aliphatic rings. The van der Waals surface area contributed by atoms with Gasteiger partial charge in [0.1, 0.15) is 5.52 Å². The van der Waals surface area contributed by atoms with Gasteiger partial charge in [0.15, 0.2) is 5.69 Å². The number of rotatable bonds is 1. The molecule has 0 saturated heterocycles. The number of H-pyrrole nitrogens is 1. The highest BCUT2D eigenvalue weighted by Gasteiger charge is 2.13. The van der Waals surface area contributed by atoms with Gasteiger partial charge < -0.3 is 10.8 Å². The lowest BCUT2D eigenvalue weighted by Crippen LogP contribution is -1.97. The average Bonchev–Trinajstić information content (AvgIpc) is 2.46. The number of nitrogens with zero attached hydrogens (tertiary/aromatic N) is 2. The zero-order chi connectivity index (χ0) is 9.42. The number of aromatic carboxylic acids is 1. The predicted molar refractivity (Wildman–Crippen MR) is 45.3 cm³/mol. The number of carboxylic acids is 1. The number of aromatic nitrogens is 3. The summed E-state index contributed by atoms with van der Waals surface area (Å²) in [5, 5.41) is 14.8. The minimum atomic E-state index is -1.11. The number of hydrogen-bond donors (Lipinski definition) is 3. The van der Waals surface area contributed by atoms with Gasteiger partial charge >= 0.3 is 5.97 Å². The number of nitrogens with two attached hydrogens (primary N) is 1. The third-order valence-corrected chi connectivity index (χ3v) is 1.62. The maximum absolute atomic E-state index is 10.6. The fraction of sp³-hybridized carbons (Fsp3) is 0. The number of nitrogen functional groups attached to an aromatic ring is 1. The summed E-state index contributed by atoms with van der Waals surface area (Å²) in [6.07, 6.45) is 1.39. The molecular formula is C7H6N4O2. The van der Waals surface area contributed by atoms with Crippen molar-refractivity contribution < 1.29 is 9.90 Å². The van der Waals surface area contributed by atoms with Crippen molar-refractivity contribution in [1.29, 1.82) is 0 Å². The Morgan fingerprint density at radius 3 is 3.08 bits per heavy atom. The summed E-state index contributed by atoms with van der Waals surface area (Å²) in [5.74, 6) is -1.11. The molecule has 6 heteroatoms. The second kappa shape index (κ2) is 2.44. The third-order valence-electron chi connectivity index (χ3n) is 1.62. The second-order valence-corrected chi connectivity index (χ2v) is 2.54. The number of carbonyl (C=O) groups is 1. The molecule has 4 N–H and O–H groups in total. The average molecular weight is 178 g/mol. The number of carboxylic acid groups (broad SMARTS) is 1. The van der Waals surface area contributed by atoms with Crippen molar-refractivity contribution in [3.63, 3.8) is 0 Å². The van der Waals surface area contributed by atoms with Crippen LogP contribution < -0.4 is 5.73 Å². The molecule has 2 heterocycles. The molecule has 0 amide bonds. The summed E-state index contributed by atoms with van der Waals surface area (Å²) in [5.41, 5.74) is 6.68. The second-order valence-electron chi connectivity index (χ2n) is 2.54. The van der Waals surface area contributed by atoms with Crippen LogP contribution in [-0.2, 0) is 0 Å². The summed E-state index contributed by atoms with van der Waals surface area (Å²) in [6.45, 7) is 0. The lowest BCUT2D eigenvalue weighted by atomic mass is 10.3. The number of pyridine rings is 1. The van der Waals surface area contributed by atoms with Gasteiger partial charge in [-0.05, 0) is 6.07 Å². The third kappa shape index (κ3) is 1.08. The van der Waals surface area contributed by atoms with Crippen molar-refractivity contribution >= 4 is 22.7 Å². The van der Waals surface area contributed by atoms with Crippen LogP contribution in [0.15, 0.2) is 12.3 Å². The van der Waals surface area contributed by atoms with E-state index >= 15 is 0 Å². The van der Waals surface area contributed by atoms with E-state index in [0.29, 0.717) is 16.7 Å². The van der Waals surface area contributed by atoms with Crippen LogP contribution in [0.25, 0.3) is 11.0 Å². The summed E-state index contributed by atoms with van der Waals surface area (Å²) >= 11 is 0. The zero-order valence-electron chi connectivity index (χ0n) is 6.48. The van der Waals surface area contributed by atoms with Crippen LogP contribution in [0.2, 0.25) is 0 Å². The molecule has 6 nitrogen and oxygen atoms in total. The van der Waals surface area contributed by atoms with Gasteiger partial charge in [-0.2, -0.15) is 5.10 Å². The summed E-state index contributed by atoms with van der Waals surface area (Å²) in [4.78, 5) is 14.5. The molecule has 2 aromatic rings. The van der Waals surface area contributed by atoms with Gasteiger partial charge in [-0.15, -0.1) is 0 Å². The van der Waals surface area contributed by atoms with Crippen molar-refractivity contribution in [2.24, 2.45) is 0 Å². The highest BCUT2D eigenvalue weighted by molar-refractivity contribution is 5.99. The molecule has 0 aromatic carbocycles. The molecule has 0 fully saturated rings. The highest BCUT2D eigenvalue weighted by atomic mass is 16.4. The topological polar surface area (TPSA) is 105 Å². The monoisotopic (exact) mass is 178 g/mol. The van der Waals surface area contributed by atoms with Crippen molar-refractivity contribution in [3.8, 4) is 0 Å². The van der Waals surface area contributed by atoms with E-state index in [-0.39, 0.29) is 5.69 Å². The van der Waals surface area contributed by atoms with Crippen LogP contribution in [0.3, 0.4) is 0 Å². The number of aromatic amines is 1. The largest absolute Gasteiger partial charge is 0.476 e. The van der Waals surface area contributed by atoms with Crippen molar-refractivity contribution in [1.82, 2.24) is 15.2 Å². The van der Waals surface area contributed by atoms with Crippen LogP contribution in [0.4, 0.5) is 5.69 Å². The van der Waals surface area contributed by atoms with Gasteiger partial charge in [-0.25, -0.2) is 9.78 Å². The maximum atomic E-state index is 10.6. The molecule has 0 atom stereocenters. The molecule has 0 radical (unpaired) electrons. The molecule has 2 rings (SSSR count). The number of anilines is 1. The van der Waals surface area contributed by atoms with E-state index in [1.54, 1.807) is 6.07 Å². The Morgan fingerprint density at radius 2 is 2.38 bits per heavy atom. The van der Waals surface area contributed by atoms with Crippen LogP contribution in [0.5, 0.6) is 0 Å². The van der Waals surface area contributed by atoms with E-state index in [1.807, 2.05) is 0 Å². The van der Waals surface area contributed by atoms with Gasteiger partial charge in [0.05, 0.1) is 17.4 Å². The Hall–Kier alpha value is -2.11. The minimum absolute atomic E-state index is 0.0880. The fourth-order valence-electron chi connectivity index (χ4n) is 1.07. The number of hydrogen-bond acceptors (Lipinski definition) is 4. The van der Waals surface area contributed by atoms with Gasteiger partial charge in [0.25, 0.3) is 0 Å². The van der Waals surface area contributed by atoms with Crippen LogP contribution in [-0.4, -0.2) is 26.3 Å². The zero-order valence-corrected chi connectivity index (χ0v) is 6.48. The Kier molecular flexibility index (Phi) is 1.42. The van der Waals surface area contributed by atoms with E-state index < -0.39 is 5.97 Å².